The van der Waals surface area contributed by atoms with Crippen molar-refractivity contribution >= 4 is 11.7 Å². The molecule has 0 radical (unpaired) electrons. The van der Waals surface area contributed by atoms with Crippen LogP contribution in [0.5, 0.6) is 0 Å². The van der Waals surface area contributed by atoms with Gasteiger partial charge in [-0.25, -0.2) is 4.98 Å². The van der Waals surface area contributed by atoms with Gasteiger partial charge < -0.3 is 14.3 Å². The first-order valence-electron chi connectivity index (χ1n) is 5.27. The van der Waals surface area contributed by atoms with Crippen LogP contribution in [-0.2, 0) is 11.2 Å². The molecule has 6 heteroatoms. The van der Waals surface area contributed by atoms with Gasteiger partial charge >= 0.3 is 0 Å². The van der Waals surface area contributed by atoms with Gasteiger partial charge in [0.05, 0.1) is 5.69 Å². The molecule has 0 saturated carbocycles. The third kappa shape index (κ3) is 3.17. The van der Waals surface area contributed by atoms with Gasteiger partial charge in [-0.1, -0.05) is 5.16 Å². The number of hydrogen-bond acceptors (Lipinski definition) is 5. The molecule has 0 aliphatic heterocycles. The van der Waals surface area contributed by atoms with Crippen molar-refractivity contribution in [1.82, 2.24) is 10.1 Å². The van der Waals surface area contributed by atoms with Crippen molar-refractivity contribution in [2.75, 3.05) is 5.32 Å². The quantitative estimate of drug-likeness (QED) is 0.874. The molecule has 0 unspecified atom stereocenters. The van der Waals surface area contributed by atoms with E-state index in [-0.39, 0.29) is 5.91 Å². The monoisotopic (exact) mass is 235 g/mol. The molecule has 90 valence electrons. The smallest absolute Gasteiger partial charge is 0.226 e. The van der Waals surface area contributed by atoms with Gasteiger partial charge in [0.15, 0.2) is 11.7 Å². The molecule has 0 aliphatic rings. The maximum Gasteiger partial charge on any atom is 0.226 e. The van der Waals surface area contributed by atoms with Crippen molar-refractivity contribution in [2.24, 2.45) is 0 Å². The lowest BCUT2D eigenvalue weighted by atomic mass is 10.2. The number of amides is 1. The lowest BCUT2D eigenvalue weighted by Gasteiger charge is -1.98. The van der Waals surface area contributed by atoms with Gasteiger partial charge in [-0.3, -0.25) is 4.79 Å². The minimum Gasteiger partial charge on any atom is -0.449 e. The molecular weight excluding hydrogens is 222 g/mol. The Kier molecular flexibility index (Phi) is 3.22. The van der Waals surface area contributed by atoms with Crippen molar-refractivity contribution < 1.29 is 13.7 Å². The molecule has 2 aromatic heterocycles. The number of nitrogens with one attached hydrogen (secondary N) is 1. The van der Waals surface area contributed by atoms with Crippen molar-refractivity contribution in [3.8, 4) is 0 Å². The van der Waals surface area contributed by atoms with Gasteiger partial charge in [-0.05, 0) is 6.92 Å². The Balaban J connectivity index is 1.82. The highest BCUT2D eigenvalue weighted by atomic mass is 16.5. The molecule has 0 fully saturated rings. The summed E-state index contributed by atoms with van der Waals surface area (Å²) >= 11 is 0. The van der Waals surface area contributed by atoms with Crippen molar-refractivity contribution in [3.63, 3.8) is 0 Å². The van der Waals surface area contributed by atoms with Crippen LogP contribution in [0, 0.1) is 13.8 Å². The van der Waals surface area contributed by atoms with E-state index < -0.39 is 0 Å². The molecule has 1 amide bonds. The molecule has 0 aromatic carbocycles. The molecule has 0 saturated heterocycles. The van der Waals surface area contributed by atoms with E-state index in [0.29, 0.717) is 30.3 Å². The first-order chi connectivity index (χ1) is 8.13. The summed E-state index contributed by atoms with van der Waals surface area (Å²) in [7, 11) is 0. The van der Waals surface area contributed by atoms with E-state index in [9.17, 15) is 4.79 Å². The Morgan fingerprint density at radius 2 is 2.29 bits per heavy atom. The summed E-state index contributed by atoms with van der Waals surface area (Å²) in [6.45, 7) is 3.53. The average molecular weight is 235 g/mol. The molecule has 17 heavy (non-hydrogen) atoms. The molecule has 0 aliphatic carbocycles. The van der Waals surface area contributed by atoms with Gasteiger partial charge in [0, 0.05) is 25.8 Å². The average Bonchev–Trinajstić information content (AvgIpc) is 2.85. The van der Waals surface area contributed by atoms with E-state index in [1.807, 2.05) is 0 Å². The summed E-state index contributed by atoms with van der Waals surface area (Å²) < 4.78 is 9.89. The van der Waals surface area contributed by atoms with Crippen LogP contribution >= 0.6 is 0 Å². The second-order valence-corrected chi connectivity index (χ2v) is 3.73. The SMILES string of the molecule is Cc1cc(NC(=O)CCc2coc(C)n2)no1. The van der Waals surface area contributed by atoms with Crippen molar-refractivity contribution in [2.45, 2.75) is 26.7 Å². The third-order valence-electron chi connectivity index (χ3n) is 2.17. The summed E-state index contributed by atoms with van der Waals surface area (Å²) in [5.41, 5.74) is 0.772. The zero-order valence-corrected chi connectivity index (χ0v) is 9.69. The van der Waals surface area contributed by atoms with Crippen LogP contribution in [0.25, 0.3) is 0 Å². The van der Waals surface area contributed by atoms with Crippen LogP contribution in [0.15, 0.2) is 21.3 Å². The highest BCUT2D eigenvalue weighted by Gasteiger charge is 2.08. The molecule has 6 nitrogen and oxygen atoms in total. The molecular formula is C11H13N3O3. The Morgan fingerprint density at radius 3 is 2.88 bits per heavy atom. The Bertz CT molecular complexity index is 516. The van der Waals surface area contributed by atoms with E-state index in [0.717, 1.165) is 5.69 Å². The standard InChI is InChI=1S/C11H13N3O3/c1-7-5-10(14-17-7)13-11(15)4-3-9-6-16-8(2)12-9/h5-6H,3-4H2,1-2H3,(H,13,14,15). The number of carbonyl (C=O) groups is 1. The number of aryl methyl sites for hydroxylation is 3. The number of carbonyl (C=O) groups excluding carboxylic acids is 1. The topological polar surface area (TPSA) is 81.2 Å². The zero-order valence-electron chi connectivity index (χ0n) is 9.69. The lowest BCUT2D eigenvalue weighted by molar-refractivity contribution is -0.116. The second-order valence-electron chi connectivity index (χ2n) is 3.73. The van der Waals surface area contributed by atoms with Crippen LogP contribution in [0.1, 0.15) is 23.8 Å². The largest absolute Gasteiger partial charge is 0.449 e. The molecule has 2 rings (SSSR count). The molecule has 1 N–H and O–H groups in total. The van der Waals surface area contributed by atoms with Gasteiger partial charge in [-0.2, -0.15) is 0 Å². The van der Waals surface area contributed by atoms with E-state index in [1.54, 1.807) is 26.2 Å². The first-order valence-corrected chi connectivity index (χ1v) is 5.27. The van der Waals surface area contributed by atoms with Gasteiger partial charge in [0.25, 0.3) is 0 Å². The van der Waals surface area contributed by atoms with Crippen molar-refractivity contribution in [3.05, 3.63) is 29.7 Å². The summed E-state index contributed by atoms with van der Waals surface area (Å²) in [6, 6.07) is 1.66. The number of nitrogens with zero attached hydrogens (tertiary/aromatic N) is 2. The van der Waals surface area contributed by atoms with Crippen LogP contribution < -0.4 is 5.32 Å². The molecule has 0 spiro atoms. The lowest BCUT2D eigenvalue weighted by Crippen LogP contribution is -2.12. The normalized spacial score (nSPS) is 10.5. The Morgan fingerprint density at radius 1 is 1.47 bits per heavy atom. The van der Waals surface area contributed by atoms with Crippen LogP contribution in [0.3, 0.4) is 0 Å². The predicted octanol–water partition coefficient (Wildman–Crippen LogP) is 1.85. The molecule has 0 atom stereocenters. The van der Waals surface area contributed by atoms with Crippen LogP contribution in [-0.4, -0.2) is 16.0 Å². The van der Waals surface area contributed by atoms with Crippen LogP contribution in [0.4, 0.5) is 5.82 Å². The van der Waals surface area contributed by atoms with Gasteiger partial charge in [-0.15, -0.1) is 0 Å². The number of anilines is 1. The summed E-state index contributed by atoms with van der Waals surface area (Å²) in [5, 5.41) is 6.31. The third-order valence-corrected chi connectivity index (χ3v) is 2.17. The van der Waals surface area contributed by atoms with Gasteiger partial charge in [0.2, 0.25) is 5.91 Å². The summed E-state index contributed by atoms with van der Waals surface area (Å²) in [4.78, 5) is 15.7. The van der Waals surface area contributed by atoms with E-state index in [2.05, 4.69) is 15.5 Å². The van der Waals surface area contributed by atoms with E-state index in [4.69, 9.17) is 8.94 Å². The minimum absolute atomic E-state index is 0.126. The number of oxazole rings is 1. The van der Waals surface area contributed by atoms with Crippen LogP contribution in [0.2, 0.25) is 0 Å². The molecule has 2 aromatic rings. The fourth-order valence-electron chi connectivity index (χ4n) is 1.40. The maximum absolute atomic E-state index is 11.6. The van der Waals surface area contributed by atoms with Gasteiger partial charge in [0.1, 0.15) is 12.0 Å². The Labute approximate surface area is 98.0 Å². The maximum atomic E-state index is 11.6. The fraction of sp³-hybridized carbons (Fsp3) is 0.364. The number of rotatable bonds is 4. The number of aromatic nitrogens is 2. The summed E-state index contributed by atoms with van der Waals surface area (Å²) in [5.74, 6) is 1.57. The fourth-order valence-corrected chi connectivity index (χ4v) is 1.40. The Hall–Kier alpha value is -2.11. The number of hydrogen-bond donors (Lipinski definition) is 1. The molecule has 2 heterocycles. The second kappa shape index (κ2) is 4.82. The highest BCUT2D eigenvalue weighted by molar-refractivity contribution is 5.89. The first kappa shape index (κ1) is 11.4. The van der Waals surface area contributed by atoms with E-state index >= 15 is 0 Å². The summed E-state index contributed by atoms with van der Waals surface area (Å²) in [6.07, 6.45) is 2.43. The highest BCUT2D eigenvalue weighted by Crippen LogP contribution is 2.08. The minimum atomic E-state index is -0.126. The molecule has 0 bridgehead atoms. The van der Waals surface area contributed by atoms with E-state index in [1.165, 1.54) is 0 Å². The van der Waals surface area contributed by atoms with Crippen molar-refractivity contribution in [1.29, 1.82) is 0 Å². The predicted molar refractivity (Wildman–Crippen MR) is 59.4 cm³/mol. The zero-order chi connectivity index (χ0) is 12.3.